The van der Waals surface area contributed by atoms with Gasteiger partial charge in [-0.3, -0.25) is 0 Å². The second kappa shape index (κ2) is 3.54. The molecular formula is C11H10O3. The first-order valence-electron chi connectivity index (χ1n) is 4.47. The third-order valence-corrected chi connectivity index (χ3v) is 1.93. The van der Waals surface area contributed by atoms with E-state index in [0.29, 0.717) is 12.0 Å². The van der Waals surface area contributed by atoms with E-state index in [1.165, 1.54) is 0 Å². The topological polar surface area (TPSA) is 39.4 Å². The van der Waals surface area contributed by atoms with Gasteiger partial charge in [0.25, 0.3) is 5.95 Å². The second-order valence-electron chi connectivity index (χ2n) is 2.87. The van der Waals surface area contributed by atoms with E-state index in [-0.39, 0.29) is 11.6 Å². The number of hydrogen-bond donors (Lipinski definition) is 0. The van der Waals surface area contributed by atoms with Crippen LogP contribution in [0.1, 0.15) is 6.92 Å². The van der Waals surface area contributed by atoms with Crippen LogP contribution in [0.25, 0.3) is 10.8 Å². The minimum Gasteiger partial charge on any atom is -0.465 e. The van der Waals surface area contributed by atoms with Crippen LogP contribution in [0.4, 0.5) is 0 Å². The number of hydrogen-bond acceptors (Lipinski definition) is 3. The Morgan fingerprint density at radius 2 is 2.14 bits per heavy atom. The van der Waals surface area contributed by atoms with E-state index in [9.17, 15) is 4.79 Å². The van der Waals surface area contributed by atoms with E-state index in [4.69, 9.17) is 9.15 Å². The Morgan fingerprint density at radius 3 is 2.93 bits per heavy atom. The van der Waals surface area contributed by atoms with Crippen molar-refractivity contribution in [3.05, 3.63) is 40.8 Å². The summed E-state index contributed by atoms with van der Waals surface area (Å²) in [6, 6.07) is 8.99. The second-order valence-corrected chi connectivity index (χ2v) is 2.87. The van der Waals surface area contributed by atoms with Gasteiger partial charge in [-0.2, -0.15) is 0 Å². The van der Waals surface area contributed by atoms with Gasteiger partial charge in [0.2, 0.25) is 0 Å². The van der Waals surface area contributed by atoms with Crippen LogP contribution in [0.15, 0.2) is 39.5 Å². The molecule has 1 aromatic carbocycles. The molecule has 0 radical (unpaired) electrons. The van der Waals surface area contributed by atoms with E-state index < -0.39 is 0 Å². The normalized spacial score (nSPS) is 10.4. The van der Waals surface area contributed by atoms with Crippen LogP contribution in [0.3, 0.4) is 0 Å². The van der Waals surface area contributed by atoms with Crippen LogP contribution in [0.5, 0.6) is 5.95 Å². The fraction of sp³-hybridized carbons (Fsp3) is 0.182. The van der Waals surface area contributed by atoms with Crippen molar-refractivity contribution in [1.29, 1.82) is 0 Å². The fourth-order valence-corrected chi connectivity index (χ4v) is 1.32. The monoisotopic (exact) mass is 190 g/mol. The van der Waals surface area contributed by atoms with Crippen LogP contribution in [-0.2, 0) is 0 Å². The maximum atomic E-state index is 11.4. The van der Waals surface area contributed by atoms with Crippen molar-refractivity contribution in [2.75, 3.05) is 6.61 Å². The van der Waals surface area contributed by atoms with Gasteiger partial charge in [0, 0.05) is 6.07 Å². The Balaban J connectivity index is 2.66. The predicted octanol–water partition coefficient (Wildman–Crippen LogP) is 2.19. The molecule has 0 amide bonds. The molecule has 14 heavy (non-hydrogen) atoms. The van der Waals surface area contributed by atoms with E-state index in [2.05, 4.69) is 0 Å². The predicted molar refractivity (Wildman–Crippen MR) is 53.7 cm³/mol. The highest BCUT2D eigenvalue weighted by Gasteiger charge is 2.03. The highest BCUT2D eigenvalue weighted by molar-refractivity contribution is 5.81. The minimum absolute atomic E-state index is 0.274. The first-order valence-corrected chi connectivity index (χ1v) is 4.47. The molecule has 0 bridgehead atoms. The lowest BCUT2D eigenvalue weighted by Gasteiger charge is -2.01. The van der Waals surface area contributed by atoms with Crippen molar-refractivity contribution in [1.82, 2.24) is 0 Å². The van der Waals surface area contributed by atoms with Gasteiger partial charge in [0.05, 0.1) is 12.0 Å². The Kier molecular flexibility index (Phi) is 2.23. The molecule has 0 N–H and O–H groups in total. The molecule has 3 nitrogen and oxygen atoms in total. The molecular weight excluding hydrogens is 180 g/mol. The van der Waals surface area contributed by atoms with Gasteiger partial charge < -0.3 is 9.15 Å². The van der Waals surface area contributed by atoms with Gasteiger partial charge in [-0.15, -0.1) is 0 Å². The standard InChI is InChI=1S/C11H10O3/c1-2-13-10-7-8-5-3-4-6-9(8)11(12)14-10/h3-7H,2H2,1H3. The maximum absolute atomic E-state index is 11.4. The van der Waals surface area contributed by atoms with Crippen LogP contribution >= 0.6 is 0 Å². The molecule has 0 saturated heterocycles. The largest absolute Gasteiger partial charge is 0.465 e. The van der Waals surface area contributed by atoms with Gasteiger partial charge in [0.1, 0.15) is 0 Å². The van der Waals surface area contributed by atoms with Crippen LogP contribution in [0.2, 0.25) is 0 Å². The summed E-state index contributed by atoms with van der Waals surface area (Å²) in [5.74, 6) is 0.274. The van der Waals surface area contributed by atoms with E-state index in [1.54, 1.807) is 18.2 Å². The minimum atomic E-state index is -0.355. The number of ether oxygens (including phenoxy) is 1. The average molecular weight is 190 g/mol. The molecule has 0 aliphatic heterocycles. The zero-order valence-corrected chi connectivity index (χ0v) is 7.82. The summed E-state index contributed by atoms with van der Waals surface area (Å²) < 4.78 is 10.1. The number of benzene rings is 1. The van der Waals surface area contributed by atoms with Gasteiger partial charge in [0.15, 0.2) is 0 Å². The summed E-state index contributed by atoms with van der Waals surface area (Å²) >= 11 is 0. The van der Waals surface area contributed by atoms with Gasteiger partial charge in [-0.05, 0) is 18.4 Å². The van der Waals surface area contributed by atoms with Crippen molar-refractivity contribution in [3.63, 3.8) is 0 Å². The van der Waals surface area contributed by atoms with Gasteiger partial charge in [-0.25, -0.2) is 4.79 Å². The average Bonchev–Trinajstić information content (AvgIpc) is 2.18. The van der Waals surface area contributed by atoms with E-state index in [0.717, 1.165) is 5.39 Å². The molecule has 0 spiro atoms. The summed E-state index contributed by atoms with van der Waals surface area (Å²) in [5, 5.41) is 1.42. The van der Waals surface area contributed by atoms with Crippen molar-refractivity contribution in [3.8, 4) is 5.95 Å². The lowest BCUT2D eigenvalue weighted by atomic mass is 10.2. The highest BCUT2D eigenvalue weighted by atomic mass is 16.6. The highest BCUT2D eigenvalue weighted by Crippen LogP contribution is 2.16. The first-order chi connectivity index (χ1) is 6.81. The molecule has 1 heterocycles. The van der Waals surface area contributed by atoms with Crippen molar-refractivity contribution in [2.24, 2.45) is 0 Å². The fourth-order valence-electron chi connectivity index (χ4n) is 1.32. The Bertz CT molecular complexity index is 499. The van der Waals surface area contributed by atoms with Crippen molar-refractivity contribution >= 4 is 10.8 Å². The SMILES string of the molecule is CCOc1cc2ccccc2c(=O)o1. The molecule has 72 valence electrons. The summed E-state index contributed by atoms with van der Waals surface area (Å²) in [5.41, 5.74) is -0.355. The lowest BCUT2D eigenvalue weighted by molar-refractivity contribution is 0.246. The molecule has 0 fully saturated rings. The Morgan fingerprint density at radius 1 is 1.36 bits per heavy atom. The van der Waals surface area contributed by atoms with Crippen LogP contribution < -0.4 is 10.4 Å². The number of fused-ring (bicyclic) bond motifs is 1. The molecule has 0 unspecified atom stereocenters. The lowest BCUT2D eigenvalue weighted by Crippen LogP contribution is -2.01. The summed E-state index contributed by atoms with van der Waals surface area (Å²) in [7, 11) is 0. The van der Waals surface area contributed by atoms with Gasteiger partial charge in [-0.1, -0.05) is 18.2 Å². The van der Waals surface area contributed by atoms with Crippen molar-refractivity contribution < 1.29 is 9.15 Å². The van der Waals surface area contributed by atoms with Crippen LogP contribution in [-0.4, -0.2) is 6.61 Å². The van der Waals surface area contributed by atoms with Gasteiger partial charge >= 0.3 is 5.63 Å². The summed E-state index contributed by atoms with van der Waals surface area (Å²) in [6.07, 6.45) is 0. The molecule has 1 aromatic heterocycles. The quantitative estimate of drug-likeness (QED) is 0.728. The summed E-state index contributed by atoms with van der Waals surface area (Å²) in [4.78, 5) is 11.4. The molecule has 0 aliphatic rings. The summed E-state index contributed by atoms with van der Waals surface area (Å²) in [6.45, 7) is 2.33. The zero-order chi connectivity index (χ0) is 9.97. The third-order valence-electron chi connectivity index (χ3n) is 1.93. The molecule has 0 atom stereocenters. The third kappa shape index (κ3) is 1.48. The molecule has 2 rings (SSSR count). The zero-order valence-electron chi connectivity index (χ0n) is 7.82. The molecule has 2 aromatic rings. The molecule has 0 saturated carbocycles. The van der Waals surface area contributed by atoms with Crippen molar-refractivity contribution in [2.45, 2.75) is 6.92 Å². The Labute approximate surface area is 80.9 Å². The molecule has 3 heteroatoms. The molecule has 0 aliphatic carbocycles. The van der Waals surface area contributed by atoms with E-state index in [1.807, 2.05) is 19.1 Å². The maximum Gasteiger partial charge on any atom is 0.346 e. The van der Waals surface area contributed by atoms with Crippen LogP contribution in [0, 0.1) is 0 Å². The smallest absolute Gasteiger partial charge is 0.346 e. The Hall–Kier alpha value is -1.77. The van der Waals surface area contributed by atoms with E-state index >= 15 is 0 Å². The first kappa shape index (κ1) is 8.81. The number of rotatable bonds is 2.